The van der Waals surface area contributed by atoms with Crippen LogP contribution in [0.3, 0.4) is 0 Å². The van der Waals surface area contributed by atoms with Crippen LogP contribution in [0.4, 0.5) is 10.9 Å². The predicted molar refractivity (Wildman–Crippen MR) is 75.2 cm³/mol. The fraction of sp³-hybridized carbons (Fsp3) is 0.667. The van der Waals surface area contributed by atoms with Gasteiger partial charge in [-0.1, -0.05) is 11.3 Å². The molecule has 2 N–H and O–H groups in total. The summed E-state index contributed by atoms with van der Waals surface area (Å²) in [5.41, 5.74) is 5.87. The van der Waals surface area contributed by atoms with Crippen molar-refractivity contribution in [3.8, 4) is 0 Å². The average Bonchev–Trinajstić information content (AvgIpc) is 2.80. The van der Waals surface area contributed by atoms with Crippen LogP contribution in [0.2, 0.25) is 0 Å². The maximum atomic E-state index is 12.3. The van der Waals surface area contributed by atoms with Gasteiger partial charge in [0.25, 0.3) is 5.91 Å². The molecule has 1 fully saturated rings. The first-order chi connectivity index (χ1) is 8.63. The average molecular weight is 268 g/mol. The Morgan fingerprint density at radius 1 is 1.44 bits per heavy atom. The van der Waals surface area contributed by atoms with Crippen LogP contribution in [0.15, 0.2) is 0 Å². The van der Waals surface area contributed by atoms with Crippen LogP contribution in [0.5, 0.6) is 0 Å². The van der Waals surface area contributed by atoms with E-state index in [0.717, 1.165) is 37.6 Å². The van der Waals surface area contributed by atoms with E-state index in [1.54, 1.807) is 0 Å². The highest BCUT2D eigenvalue weighted by Crippen LogP contribution is 2.29. The lowest BCUT2D eigenvalue weighted by molar-refractivity contribution is 0.0730. The molecule has 1 aromatic rings. The third-order valence-corrected chi connectivity index (χ3v) is 4.45. The predicted octanol–water partition coefficient (Wildman–Crippen LogP) is 1.81. The molecule has 0 bridgehead atoms. The van der Waals surface area contributed by atoms with E-state index in [1.165, 1.54) is 17.8 Å². The number of carbonyl (C=O) groups is 1. The van der Waals surface area contributed by atoms with Gasteiger partial charge in [-0.2, -0.15) is 0 Å². The zero-order valence-corrected chi connectivity index (χ0v) is 11.8. The van der Waals surface area contributed by atoms with Crippen LogP contribution in [-0.2, 0) is 0 Å². The molecule has 2 rings (SSSR count). The van der Waals surface area contributed by atoms with Crippen molar-refractivity contribution in [2.45, 2.75) is 26.2 Å². The number of rotatable bonds is 3. The van der Waals surface area contributed by atoms with Crippen LogP contribution < -0.4 is 10.6 Å². The second-order valence-electron chi connectivity index (χ2n) is 4.58. The van der Waals surface area contributed by atoms with E-state index >= 15 is 0 Å². The van der Waals surface area contributed by atoms with Crippen LogP contribution in [0.1, 0.15) is 35.9 Å². The number of nitrogens with zero attached hydrogens (tertiary/aromatic N) is 3. The van der Waals surface area contributed by atoms with Gasteiger partial charge in [0.1, 0.15) is 10.7 Å². The third kappa shape index (κ3) is 2.58. The van der Waals surface area contributed by atoms with Crippen LogP contribution in [-0.4, -0.2) is 42.5 Å². The van der Waals surface area contributed by atoms with E-state index in [9.17, 15) is 4.79 Å². The molecule has 0 spiro atoms. The highest BCUT2D eigenvalue weighted by Gasteiger charge is 2.24. The van der Waals surface area contributed by atoms with Crippen LogP contribution >= 0.6 is 11.3 Å². The van der Waals surface area contributed by atoms with Gasteiger partial charge in [0.15, 0.2) is 5.13 Å². The number of carbonyl (C=O) groups excluding carboxylic acids is 1. The van der Waals surface area contributed by atoms with E-state index in [0.29, 0.717) is 10.7 Å². The van der Waals surface area contributed by atoms with Crippen molar-refractivity contribution in [1.82, 2.24) is 9.88 Å². The SMILES string of the molecule is CCN(C)c1nc(N)c(C(=O)N2CCCCC2)s1. The van der Waals surface area contributed by atoms with Gasteiger partial charge in [-0.25, -0.2) is 4.98 Å². The summed E-state index contributed by atoms with van der Waals surface area (Å²) in [4.78, 5) is 21.1. The summed E-state index contributed by atoms with van der Waals surface area (Å²) in [6.45, 7) is 4.58. The van der Waals surface area contributed by atoms with Gasteiger partial charge >= 0.3 is 0 Å². The van der Waals surface area contributed by atoms with Crippen LogP contribution in [0, 0.1) is 0 Å². The summed E-state index contributed by atoms with van der Waals surface area (Å²) in [5.74, 6) is 0.409. The van der Waals surface area contributed by atoms with Crippen molar-refractivity contribution in [2.24, 2.45) is 0 Å². The van der Waals surface area contributed by atoms with Crippen LogP contribution in [0.25, 0.3) is 0 Å². The molecule has 1 aromatic heterocycles. The molecule has 6 heteroatoms. The molecule has 1 amide bonds. The van der Waals surface area contributed by atoms with Gasteiger partial charge in [0.05, 0.1) is 0 Å². The molecule has 0 aliphatic carbocycles. The molecule has 0 saturated carbocycles. The summed E-state index contributed by atoms with van der Waals surface area (Å²) >= 11 is 1.39. The van der Waals surface area contributed by atoms with Gasteiger partial charge in [-0.15, -0.1) is 0 Å². The standard InChI is InChI=1S/C12H20N4OS/c1-3-15(2)12-14-10(13)9(18-12)11(17)16-7-5-4-6-8-16/h3-8,13H2,1-2H3. The second kappa shape index (κ2) is 5.56. The lowest BCUT2D eigenvalue weighted by Gasteiger charge is -2.26. The number of anilines is 2. The fourth-order valence-electron chi connectivity index (χ4n) is 2.01. The molecule has 1 aliphatic rings. The van der Waals surface area contributed by atoms with Gasteiger partial charge in [0.2, 0.25) is 0 Å². The molecule has 0 radical (unpaired) electrons. The van der Waals surface area contributed by atoms with Crippen molar-refractivity contribution < 1.29 is 4.79 Å². The Balaban J connectivity index is 2.16. The molecule has 1 saturated heterocycles. The molecule has 0 aromatic carbocycles. The van der Waals surface area contributed by atoms with E-state index in [-0.39, 0.29) is 5.91 Å². The Labute approximate surface area is 112 Å². The fourth-order valence-corrected chi connectivity index (χ4v) is 2.99. The second-order valence-corrected chi connectivity index (χ2v) is 5.56. The van der Waals surface area contributed by atoms with E-state index in [4.69, 9.17) is 5.73 Å². The van der Waals surface area contributed by atoms with E-state index in [1.807, 2.05) is 23.8 Å². The lowest BCUT2D eigenvalue weighted by Crippen LogP contribution is -2.35. The van der Waals surface area contributed by atoms with Gasteiger partial charge < -0.3 is 15.5 Å². The molecule has 18 heavy (non-hydrogen) atoms. The first-order valence-electron chi connectivity index (χ1n) is 6.40. The zero-order valence-electron chi connectivity index (χ0n) is 11.0. The smallest absolute Gasteiger partial charge is 0.267 e. The summed E-state index contributed by atoms with van der Waals surface area (Å²) < 4.78 is 0. The molecular formula is C12H20N4OS. The number of piperidine rings is 1. The number of likely N-dealkylation sites (tertiary alicyclic amines) is 1. The summed E-state index contributed by atoms with van der Waals surface area (Å²) in [6, 6.07) is 0. The monoisotopic (exact) mass is 268 g/mol. The molecule has 0 unspecified atom stereocenters. The number of hydrogen-bond donors (Lipinski definition) is 1. The normalized spacial score (nSPS) is 15.8. The minimum atomic E-state index is 0.0421. The Kier molecular flexibility index (Phi) is 4.06. The zero-order chi connectivity index (χ0) is 13.1. The van der Waals surface area contributed by atoms with Crippen molar-refractivity contribution in [3.05, 3.63) is 4.88 Å². The molecule has 0 atom stereocenters. The number of thiazole rings is 1. The Hall–Kier alpha value is -1.30. The Bertz CT molecular complexity index is 426. The lowest BCUT2D eigenvalue weighted by atomic mass is 10.1. The molecule has 100 valence electrons. The van der Waals surface area contributed by atoms with Crippen molar-refractivity contribution >= 4 is 28.2 Å². The van der Waals surface area contributed by atoms with Crippen molar-refractivity contribution in [1.29, 1.82) is 0 Å². The molecular weight excluding hydrogens is 248 g/mol. The third-order valence-electron chi connectivity index (χ3n) is 3.28. The topological polar surface area (TPSA) is 62.5 Å². The number of nitrogen functional groups attached to an aromatic ring is 1. The first kappa shape index (κ1) is 13.1. The largest absolute Gasteiger partial charge is 0.382 e. The van der Waals surface area contributed by atoms with Gasteiger partial charge in [0, 0.05) is 26.7 Å². The Morgan fingerprint density at radius 3 is 2.72 bits per heavy atom. The Morgan fingerprint density at radius 2 is 2.11 bits per heavy atom. The molecule has 5 nitrogen and oxygen atoms in total. The van der Waals surface area contributed by atoms with E-state index in [2.05, 4.69) is 4.98 Å². The summed E-state index contributed by atoms with van der Waals surface area (Å²) in [5, 5.41) is 0.815. The minimum Gasteiger partial charge on any atom is -0.382 e. The number of nitrogens with two attached hydrogens (primary N) is 1. The number of aromatic nitrogens is 1. The number of hydrogen-bond acceptors (Lipinski definition) is 5. The van der Waals surface area contributed by atoms with Crippen molar-refractivity contribution in [3.63, 3.8) is 0 Å². The highest BCUT2D eigenvalue weighted by molar-refractivity contribution is 7.18. The molecule has 1 aliphatic heterocycles. The van der Waals surface area contributed by atoms with Gasteiger partial charge in [-0.05, 0) is 26.2 Å². The highest BCUT2D eigenvalue weighted by atomic mass is 32.1. The number of amides is 1. The minimum absolute atomic E-state index is 0.0421. The first-order valence-corrected chi connectivity index (χ1v) is 7.21. The van der Waals surface area contributed by atoms with Crippen molar-refractivity contribution in [2.75, 3.05) is 37.3 Å². The maximum absolute atomic E-state index is 12.3. The van der Waals surface area contributed by atoms with E-state index < -0.39 is 0 Å². The maximum Gasteiger partial charge on any atom is 0.267 e. The summed E-state index contributed by atoms with van der Waals surface area (Å²) in [7, 11) is 1.95. The molecule has 2 heterocycles. The quantitative estimate of drug-likeness (QED) is 0.908. The summed E-state index contributed by atoms with van der Waals surface area (Å²) in [6.07, 6.45) is 3.39. The van der Waals surface area contributed by atoms with Gasteiger partial charge in [-0.3, -0.25) is 4.79 Å².